The van der Waals surface area contributed by atoms with Gasteiger partial charge in [-0.15, -0.1) is 15.3 Å². The fourth-order valence-electron chi connectivity index (χ4n) is 3.63. The van der Waals surface area contributed by atoms with E-state index in [0.29, 0.717) is 13.2 Å². The van der Waals surface area contributed by atoms with E-state index in [1.165, 1.54) is 0 Å². The van der Waals surface area contributed by atoms with E-state index in [0.717, 1.165) is 49.6 Å². The molecule has 4 rings (SSSR count). The second kappa shape index (κ2) is 6.59. The normalized spacial score (nSPS) is 21.8. The van der Waals surface area contributed by atoms with Crippen LogP contribution in [0.4, 0.5) is 5.82 Å². The lowest BCUT2D eigenvalue weighted by Gasteiger charge is -2.32. The molecule has 2 aliphatic rings. The number of rotatable bonds is 3. The number of carbonyl (C=O) groups is 1. The van der Waals surface area contributed by atoms with Crippen LogP contribution in [0.2, 0.25) is 0 Å². The van der Waals surface area contributed by atoms with Gasteiger partial charge in [0.1, 0.15) is 5.82 Å². The van der Waals surface area contributed by atoms with Crippen LogP contribution in [-0.4, -0.2) is 71.0 Å². The molecule has 25 heavy (non-hydrogen) atoms. The van der Waals surface area contributed by atoms with Crippen LogP contribution >= 0.6 is 0 Å². The van der Waals surface area contributed by atoms with Gasteiger partial charge in [-0.05, 0) is 31.4 Å². The highest BCUT2D eigenvalue weighted by atomic mass is 16.5. The minimum absolute atomic E-state index is 0.0507. The van der Waals surface area contributed by atoms with Gasteiger partial charge < -0.3 is 14.5 Å². The first-order chi connectivity index (χ1) is 12.1. The van der Waals surface area contributed by atoms with Gasteiger partial charge in [-0.25, -0.2) is 0 Å². The molecule has 2 fully saturated rings. The van der Waals surface area contributed by atoms with Crippen molar-refractivity contribution >= 4 is 17.4 Å². The summed E-state index contributed by atoms with van der Waals surface area (Å²) in [5.74, 6) is 2.35. The van der Waals surface area contributed by atoms with Gasteiger partial charge in [0.15, 0.2) is 11.5 Å². The molecule has 1 amide bonds. The van der Waals surface area contributed by atoms with Crippen LogP contribution in [-0.2, 0) is 9.53 Å². The summed E-state index contributed by atoms with van der Waals surface area (Å²) in [6.07, 6.45) is 2.65. The highest BCUT2D eigenvalue weighted by Gasteiger charge is 2.32. The van der Waals surface area contributed by atoms with Crippen molar-refractivity contribution in [1.82, 2.24) is 24.7 Å². The third-order valence-electron chi connectivity index (χ3n) is 5.18. The lowest BCUT2D eigenvalue weighted by atomic mass is 9.95. The van der Waals surface area contributed by atoms with E-state index in [2.05, 4.69) is 15.3 Å². The molecule has 2 aromatic heterocycles. The Kier molecular flexibility index (Phi) is 4.29. The fraction of sp³-hybridized carbons (Fsp3) is 0.647. The van der Waals surface area contributed by atoms with Crippen molar-refractivity contribution in [2.75, 3.05) is 45.3 Å². The van der Waals surface area contributed by atoms with Gasteiger partial charge in [-0.2, -0.15) is 4.52 Å². The van der Waals surface area contributed by atoms with Gasteiger partial charge >= 0.3 is 0 Å². The van der Waals surface area contributed by atoms with Gasteiger partial charge in [-0.1, -0.05) is 0 Å². The lowest BCUT2D eigenvalue weighted by Crippen LogP contribution is -2.41. The van der Waals surface area contributed by atoms with Crippen molar-refractivity contribution in [3.63, 3.8) is 0 Å². The minimum atomic E-state index is 0.0507. The summed E-state index contributed by atoms with van der Waals surface area (Å²) in [6.45, 7) is 2.81. The molecule has 0 radical (unpaired) electrons. The SMILES string of the molecule is CN(C)c1ccc2nnc(C3CCN(C(=O)C4CCOC4)CC3)n2n1. The molecule has 2 aromatic rings. The summed E-state index contributed by atoms with van der Waals surface area (Å²) in [4.78, 5) is 16.5. The summed E-state index contributed by atoms with van der Waals surface area (Å²) in [5.41, 5.74) is 0.766. The second-order valence-electron chi connectivity index (χ2n) is 7.07. The highest BCUT2D eigenvalue weighted by molar-refractivity contribution is 5.79. The Labute approximate surface area is 146 Å². The Morgan fingerprint density at radius 3 is 2.68 bits per heavy atom. The van der Waals surface area contributed by atoms with E-state index < -0.39 is 0 Å². The minimum Gasteiger partial charge on any atom is -0.381 e. The molecule has 134 valence electrons. The number of nitrogens with zero attached hydrogens (tertiary/aromatic N) is 6. The summed E-state index contributed by atoms with van der Waals surface area (Å²) < 4.78 is 7.20. The van der Waals surface area contributed by atoms with Crippen molar-refractivity contribution < 1.29 is 9.53 Å². The number of piperidine rings is 1. The largest absolute Gasteiger partial charge is 0.381 e. The first kappa shape index (κ1) is 16.3. The van der Waals surface area contributed by atoms with E-state index in [9.17, 15) is 4.79 Å². The predicted molar refractivity (Wildman–Crippen MR) is 92.6 cm³/mol. The Bertz CT molecular complexity index is 760. The maximum absolute atomic E-state index is 12.5. The number of hydrogen-bond acceptors (Lipinski definition) is 6. The van der Waals surface area contributed by atoms with Gasteiger partial charge in [0.2, 0.25) is 5.91 Å². The third-order valence-corrected chi connectivity index (χ3v) is 5.18. The summed E-state index contributed by atoms with van der Waals surface area (Å²) in [7, 11) is 3.93. The molecule has 0 bridgehead atoms. The first-order valence-corrected chi connectivity index (χ1v) is 8.89. The molecule has 0 N–H and O–H groups in total. The number of fused-ring (bicyclic) bond motifs is 1. The first-order valence-electron chi connectivity index (χ1n) is 8.89. The molecule has 8 heteroatoms. The van der Waals surface area contributed by atoms with E-state index in [1.54, 1.807) is 0 Å². The van der Waals surface area contributed by atoms with Crippen LogP contribution in [0.15, 0.2) is 12.1 Å². The van der Waals surface area contributed by atoms with E-state index in [-0.39, 0.29) is 17.7 Å². The molecule has 0 aliphatic carbocycles. The Hall–Kier alpha value is -2.22. The molecule has 2 saturated heterocycles. The van der Waals surface area contributed by atoms with Crippen LogP contribution in [0.3, 0.4) is 0 Å². The van der Waals surface area contributed by atoms with Gasteiger partial charge in [-0.3, -0.25) is 4.79 Å². The number of ether oxygens (including phenoxy) is 1. The molecule has 8 nitrogen and oxygen atoms in total. The van der Waals surface area contributed by atoms with Gasteiger partial charge in [0.05, 0.1) is 12.5 Å². The number of amides is 1. The molecule has 1 unspecified atom stereocenters. The monoisotopic (exact) mass is 344 g/mol. The fourth-order valence-corrected chi connectivity index (χ4v) is 3.63. The van der Waals surface area contributed by atoms with E-state index >= 15 is 0 Å². The average molecular weight is 344 g/mol. The van der Waals surface area contributed by atoms with Crippen LogP contribution < -0.4 is 4.90 Å². The van der Waals surface area contributed by atoms with Gasteiger partial charge in [0.25, 0.3) is 0 Å². The summed E-state index contributed by atoms with van der Waals surface area (Å²) in [6, 6.07) is 3.89. The Morgan fingerprint density at radius 1 is 1.20 bits per heavy atom. The zero-order chi connectivity index (χ0) is 17.4. The van der Waals surface area contributed by atoms with Crippen LogP contribution in [0, 0.1) is 5.92 Å². The summed E-state index contributed by atoms with van der Waals surface area (Å²) in [5, 5.41) is 13.3. The lowest BCUT2D eigenvalue weighted by molar-refractivity contribution is -0.136. The molecular formula is C17H24N6O2. The maximum Gasteiger partial charge on any atom is 0.228 e. The van der Waals surface area contributed by atoms with Gasteiger partial charge in [0, 0.05) is 39.7 Å². The quantitative estimate of drug-likeness (QED) is 0.825. The molecule has 1 atom stereocenters. The highest BCUT2D eigenvalue weighted by Crippen LogP contribution is 2.28. The van der Waals surface area contributed by atoms with E-state index in [4.69, 9.17) is 4.74 Å². The van der Waals surface area contributed by atoms with Crippen LogP contribution in [0.5, 0.6) is 0 Å². The Morgan fingerprint density at radius 2 is 2.00 bits per heavy atom. The maximum atomic E-state index is 12.5. The number of carbonyl (C=O) groups excluding carboxylic acids is 1. The third kappa shape index (κ3) is 3.06. The molecule has 4 heterocycles. The van der Waals surface area contributed by atoms with Crippen molar-refractivity contribution in [1.29, 1.82) is 0 Å². The number of aromatic nitrogens is 4. The van der Waals surface area contributed by atoms with Crippen LogP contribution in [0.1, 0.15) is 31.0 Å². The zero-order valence-corrected chi connectivity index (χ0v) is 14.8. The van der Waals surface area contributed by atoms with Crippen molar-refractivity contribution in [2.45, 2.75) is 25.2 Å². The zero-order valence-electron chi connectivity index (χ0n) is 14.8. The Balaban J connectivity index is 1.48. The number of hydrogen-bond donors (Lipinski definition) is 0. The number of likely N-dealkylation sites (tertiary alicyclic amines) is 1. The summed E-state index contributed by atoms with van der Waals surface area (Å²) >= 11 is 0. The second-order valence-corrected chi connectivity index (χ2v) is 7.07. The number of anilines is 1. The standard InChI is InChI=1S/C17H24N6O2/c1-21(2)15-4-3-14-18-19-16(23(14)20-15)12-5-8-22(9-6-12)17(24)13-7-10-25-11-13/h3-4,12-13H,5-11H2,1-2H3. The average Bonchev–Trinajstić information content (AvgIpc) is 3.30. The van der Waals surface area contributed by atoms with Crippen molar-refractivity contribution in [2.24, 2.45) is 5.92 Å². The molecule has 0 spiro atoms. The predicted octanol–water partition coefficient (Wildman–Crippen LogP) is 0.933. The molecule has 2 aliphatic heterocycles. The van der Waals surface area contributed by atoms with E-state index in [1.807, 2.05) is 40.5 Å². The van der Waals surface area contributed by atoms with Crippen LogP contribution in [0.25, 0.3) is 5.65 Å². The molecule has 0 aromatic carbocycles. The van der Waals surface area contributed by atoms with Crippen molar-refractivity contribution in [3.05, 3.63) is 18.0 Å². The molecule has 0 saturated carbocycles. The topological polar surface area (TPSA) is 75.9 Å². The smallest absolute Gasteiger partial charge is 0.228 e. The molecular weight excluding hydrogens is 320 g/mol. The van der Waals surface area contributed by atoms with Crippen molar-refractivity contribution in [3.8, 4) is 0 Å².